The number of nitrogens with one attached hydrogen (secondary N) is 2. The van der Waals surface area contributed by atoms with Crippen molar-refractivity contribution in [2.24, 2.45) is 0 Å². The molecule has 2 rings (SSSR count). The van der Waals surface area contributed by atoms with Crippen molar-refractivity contribution in [3.05, 3.63) is 65.2 Å². The number of rotatable bonds is 6. The first-order chi connectivity index (χ1) is 10.0. The molecule has 0 amide bonds. The number of hydrogen-bond acceptors (Lipinski definition) is 3. The summed E-state index contributed by atoms with van der Waals surface area (Å²) in [5.41, 5.74) is 2.82. The Bertz CT molecular complexity index is 712. The van der Waals surface area contributed by atoms with Crippen molar-refractivity contribution in [2.45, 2.75) is 24.9 Å². The van der Waals surface area contributed by atoms with Gasteiger partial charge < -0.3 is 5.32 Å². The second-order valence-corrected chi connectivity index (χ2v) is 6.69. The SMILES string of the molecule is CNCc1ccccc1S(=O)(=O)NCc1cccc(C)c1. The van der Waals surface area contributed by atoms with Crippen LogP contribution in [0.3, 0.4) is 0 Å². The molecule has 0 radical (unpaired) electrons. The Kier molecular flexibility index (Phi) is 5.12. The standard InChI is InChI=1S/C16H20N2O2S/c1-13-6-5-7-14(10-13)11-18-21(19,20)16-9-4-3-8-15(16)12-17-2/h3-10,17-18H,11-12H2,1-2H3. The normalized spacial score (nSPS) is 11.5. The van der Waals surface area contributed by atoms with Crippen LogP contribution in [0.2, 0.25) is 0 Å². The Balaban J connectivity index is 2.19. The van der Waals surface area contributed by atoms with Crippen LogP contribution >= 0.6 is 0 Å². The zero-order valence-corrected chi connectivity index (χ0v) is 13.1. The van der Waals surface area contributed by atoms with Gasteiger partial charge in [-0.05, 0) is 31.2 Å². The van der Waals surface area contributed by atoms with Gasteiger partial charge in [0.25, 0.3) is 0 Å². The lowest BCUT2D eigenvalue weighted by atomic mass is 10.1. The number of hydrogen-bond donors (Lipinski definition) is 2. The molecular formula is C16H20N2O2S. The van der Waals surface area contributed by atoms with Gasteiger partial charge in [0.15, 0.2) is 0 Å². The smallest absolute Gasteiger partial charge is 0.241 e. The van der Waals surface area contributed by atoms with Crippen LogP contribution in [0.5, 0.6) is 0 Å². The van der Waals surface area contributed by atoms with Crippen molar-refractivity contribution in [1.82, 2.24) is 10.0 Å². The van der Waals surface area contributed by atoms with E-state index in [2.05, 4.69) is 10.0 Å². The maximum absolute atomic E-state index is 12.4. The van der Waals surface area contributed by atoms with Crippen LogP contribution in [0.1, 0.15) is 16.7 Å². The van der Waals surface area contributed by atoms with Gasteiger partial charge in [0.05, 0.1) is 4.90 Å². The fourth-order valence-corrected chi connectivity index (χ4v) is 3.44. The molecule has 0 heterocycles. The third-order valence-corrected chi connectivity index (χ3v) is 4.68. The second kappa shape index (κ2) is 6.85. The monoisotopic (exact) mass is 304 g/mol. The zero-order valence-electron chi connectivity index (χ0n) is 12.3. The van der Waals surface area contributed by atoms with Crippen LogP contribution in [-0.2, 0) is 23.1 Å². The van der Waals surface area contributed by atoms with Crippen LogP contribution in [0.15, 0.2) is 53.4 Å². The molecule has 0 unspecified atom stereocenters. The van der Waals surface area contributed by atoms with Gasteiger partial charge in [0.2, 0.25) is 10.0 Å². The summed E-state index contributed by atoms with van der Waals surface area (Å²) in [6, 6.07) is 14.8. The molecule has 0 bridgehead atoms. The highest BCUT2D eigenvalue weighted by Gasteiger charge is 2.17. The number of sulfonamides is 1. The largest absolute Gasteiger partial charge is 0.316 e. The number of benzene rings is 2. The van der Waals surface area contributed by atoms with Gasteiger partial charge in [0, 0.05) is 13.1 Å². The number of aryl methyl sites for hydroxylation is 1. The zero-order chi connectivity index (χ0) is 15.3. The topological polar surface area (TPSA) is 58.2 Å². The van der Waals surface area contributed by atoms with Crippen LogP contribution in [0.25, 0.3) is 0 Å². The molecule has 0 aliphatic heterocycles. The van der Waals surface area contributed by atoms with E-state index in [1.165, 1.54) is 0 Å². The Morgan fingerprint density at radius 2 is 1.76 bits per heavy atom. The van der Waals surface area contributed by atoms with Gasteiger partial charge in [-0.2, -0.15) is 0 Å². The van der Waals surface area contributed by atoms with Crippen LogP contribution in [-0.4, -0.2) is 15.5 Å². The first kappa shape index (κ1) is 15.7. The fourth-order valence-electron chi connectivity index (χ4n) is 2.18. The molecule has 0 atom stereocenters. The van der Waals surface area contributed by atoms with Crippen molar-refractivity contribution in [2.75, 3.05) is 7.05 Å². The molecule has 5 heteroatoms. The summed E-state index contributed by atoms with van der Waals surface area (Å²) in [4.78, 5) is 0.326. The summed E-state index contributed by atoms with van der Waals surface area (Å²) in [5, 5.41) is 2.99. The minimum Gasteiger partial charge on any atom is -0.316 e. The van der Waals surface area contributed by atoms with Gasteiger partial charge in [-0.3, -0.25) is 0 Å². The fraction of sp³-hybridized carbons (Fsp3) is 0.250. The first-order valence-electron chi connectivity index (χ1n) is 6.80. The van der Waals surface area contributed by atoms with Crippen molar-refractivity contribution >= 4 is 10.0 Å². The van der Waals surface area contributed by atoms with Crippen LogP contribution < -0.4 is 10.0 Å². The van der Waals surface area contributed by atoms with E-state index in [1.807, 2.05) is 43.3 Å². The van der Waals surface area contributed by atoms with Crippen molar-refractivity contribution < 1.29 is 8.42 Å². The predicted octanol–water partition coefficient (Wildman–Crippen LogP) is 2.19. The molecular weight excluding hydrogens is 284 g/mol. The third-order valence-electron chi connectivity index (χ3n) is 3.18. The third kappa shape index (κ3) is 4.14. The minimum absolute atomic E-state index is 0.290. The summed E-state index contributed by atoms with van der Waals surface area (Å²) in [6.45, 7) is 2.79. The van der Waals surface area contributed by atoms with Crippen LogP contribution in [0, 0.1) is 6.92 Å². The maximum Gasteiger partial charge on any atom is 0.241 e. The quantitative estimate of drug-likeness (QED) is 0.860. The highest BCUT2D eigenvalue weighted by Crippen LogP contribution is 2.15. The van der Waals surface area contributed by atoms with Gasteiger partial charge in [-0.15, -0.1) is 0 Å². The van der Waals surface area contributed by atoms with E-state index in [-0.39, 0.29) is 6.54 Å². The Labute approximate surface area is 126 Å². The molecule has 112 valence electrons. The lowest BCUT2D eigenvalue weighted by Crippen LogP contribution is -2.25. The molecule has 0 aromatic heterocycles. The molecule has 2 aromatic rings. The maximum atomic E-state index is 12.4. The van der Waals surface area contributed by atoms with Gasteiger partial charge in [-0.1, -0.05) is 48.0 Å². The average Bonchev–Trinajstić information content (AvgIpc) is 2.46. The first-order valence-corrected chi connectivity index (χ1v) is 8.29. The van der Waals surface area contributed by atoms with E-state index in [0.29, 0.717) is 11.4 Å². The molecule has 2 N–H and O–H groups in total. The van der Waals surface area contributed by atoms with Gasteiger partial charge in [-0.25, -0.2) is 13.1 Å². The van der Waals surface area contributed by atoms with E-state index in [1.54, 1.807) is 19.2 Å². The van der Waals surface area contributed by atoms with Gasteiger partial charge in [0.1, 0.15) is 0 Å². The van der Waals surface area contributed by atoms with Crippen molar-refractivity contribution in [1.29, 1.82) is 0 Å². The highest BCUT2D eigenvalue weighted by molar-refractivity contribution is 7.89. The van der Waals surface area contributed by atoms with E-state index in [0.717, 1.165) is 16.7 Å². The molecule has 0 aliphatic rings. The minimum atomic E-state index is -3.51. The summed E-state index contributed by atoms with van der Waals surface area (Å²) < 4.78 is 27.6. The van der Waals surface area contributed by atoms with Crippen molar-refractivity contribution in [3.8, 4) is 0 Å². The highest BCUT2D eigenvalue weighted by atomic mass is 32.2. The van der Waals surface area contributed by atoms with Crippen molar-refractivity contribution in [3.63, 3.8) is 0 Å². The Morgan fingerprint density at radius 1 is 1.00 bits per heavy atom. The molecule has 4 nitrogen and oxygen atoms in total. The average molecular weight is 304 g/mol. The van der Waals surface area contributed by atoms with E-state index in [9.17, 15) is 8.42 Å². The molecule has 21 heavy (non-hydrogen) atoms. The molecule has 0 aliphatic carbocycles. The molecule has 2 aromatic carbocycles. The molecule has 0 saturated carbocycles. The molecule has 0 fully saturated rings. The Morgan fingerprint density at radius 3 is 2.48 bits per heavy atom. The summed E-state index contributed by atoms with van der Waals surface area (Å²) in [7, 11) is -1.72. The summed E-state index contributed by atoms with van der Waals surface area (Å²) >= 11 is 0. The lowest BCUT2D eigenvalue weighted by molar-refractivity contribution is 0.579. The summed E-state index contributed by atoms with van der Waals surface area (Å²) in [5.74, 6) is 0. The van der Waals surface area contributed by atoms with E-state index < -0.39 is 10.0 Å². The second-order valence-electron chi connectivity index (χ2n) is 4.95. The molecule has 0 saturated heterocycles. The van der Waals surface area contributed by atoms with E-state index >= 15 is 0 Å². The predicted molar refractivity (Wildman–Crippen MR) is 84.4 cm³/mol. The summed E-state index contributed by atoms with van der Waals surface area (Å²) in [6.07, 6.45) is 0. The van der Waals surface area contributed by atoms with Crippen LogP contribution in [0.4, 0.5) is 0 Å². The van der Waals surface area contributed by atoms with E-state index in [4.69, 9.17) is 0 Å². The molecule has 0 spiro atoms. The Hall–Kier alpha value is -1.69. The lowest BCUT2D eigenvalue weighted by Gasteiger charge is -2.11. The van der Waals surface area contributed by atoms with Gasteiger partial charge >= 0.3 is 0 Å².